The number of ether oxygens (including phenoxy) is 1. The highest BCUT2D eigenvalue weighted by atomic mass is 19.1. The van der Waals surface area contributed by atoms with Crippen molar-refractivity contribution in [2.75, 3.05) is 20.2 Å². The molecule has 2 aromatic carbocycles. The minimum atomic E-state index is -0.253. The number of rotatable bonds is 6. The van der Waals surface area contributed by atoms with Gasteiger partial charge in [0.05, 0.1) is 7.11 Å². The van der Waals surface area contributed by atoms with E-state index in [0.29, 0.717) is 18.9 Å². The van der Waals surface area contributed by atoms with E-state index in [2.05, 4.69) is 30.9 Å². The van der Waals surface area contributed by atoms with Gasteiger partial charge in [0.15, 0.2) is 0 Å². The fraction of sp³-hybridized carbons (Fsp3) is 0.435. The van der Waals surface area contributed by atoms with Gasteiger partial charge in [-0.05, 0) is 41.3 Å². The summed E-state index contributed by atoms with van der Waals surface area (Å²) in [7, 11) is 1.67. The monoisotopic (exact) mass is 384 g/mol. The van der Waals surface area contributed by atoms with Crippen LogP contribution in [-0.2, 0) is 17.9 Å². The number of halogens is 1. The van der Waals surface area contributed by atoms with Crippen molar-refractivity contribution in [3.05, 3.63) is 65.5 Å². The number of amides is 1. The summed E-state index contributed by atoms with van der Waals surface area (Å²) in [5.41, 5.74) is 2.17. The van der Waals surface area contributed by atoms with Crippen molar-refractivity contribution in [2.24, 2.45) is 5.92 Å². The summed E-state index contributed by atoms with van der Waals surface area (Å²) in [6.45, 7) is 7.23. The first kappa shape index (κ1) is 20.3. The highest BCUT2D eigenvalue weighted by molar-refractivity contribution is 5.77. The predicted molar refractivity (Wildman–Crippen MR) is 108 cm³/mol. The third-order valence-electron chi connectivity index (χ3n) is 5.41. The van der Waals surface area contributed by atoms with Crippen LogP contribution in [0.3, 0.4) is 0 Å². The molecule has 2 aromatic rings. The topological polar surface area (TPSA) is 32.8 Å². The van der Waals surface area contributed by atoms with Gasteiger partial charge < -0.3 is 9.64 Å². The van der Waals surface area contributed by atoms with E-state index >= 15 is 0 Å². The summed E-state index contributed by atoms with van der Waals surface area (Å²) < 4.78 is 18.5. The molecule has 28 heavy (non-hydrogen) atoms. The predicted octanol–water partition coefficient (Wildman–Crippen LogP) is 4.09. The molecule has 1 aliphatic heterocycles. The fourth-order valence-electron chi connectivity index (χ4n) is 3.73. The van der Waals surface area contributed by atoms with Crippen LogP contribution in [0, 0.1) is 11.7 Å². The third kappa shape index (κ3) is 5.10. The minimum absolute atomic E-state index is 0.123. The van der Waals surface area contributed by atoms with Gasteiger partial charge in [-0.1, -0.05) is 38.1 Å². The van der Waals surface area contributed by atoms with Crippen LogP contribution in [0.1, 0.15) is 31.4 Å². The maximum atomic E-state index is 13.2. The summed E-state index contributed by atoms with van der Waals surface area (Å²) in [5, 5.41) is 0. The van der Waals surface area contributed by atoms with Crippen molar-refractivity contribution in [3.8, 4) is 5.75 Å². The number of benzene rings is 2. The zero-order chi connectivity index (χ0) is 20.1. The summed E-state index contributed by atoms with van der Waals surface area (Å²) in [5.74, 6) is 1.10. The third-order valence-corrected chi connectivity index (χ3v) is 5.41. The normalized spacial score (nSPS) is 18.4. The number of hydrogen-bond acceptors (Lipinski definition) is 3. The smallest absolute Gasteiger partial charge is 0.224 e. The van der Waals surface area contributed by atoms with Crippen molar-refractivity contribution in [1.82, 2.24) is 9.80 Å². The van der Waals surface area contributed by atoms with Crippen LogP contribution in [0.5, 0.6) is 5.75 Å². The van der Waals surface area contributed by atoms with Gasteiger partial charge in [-0.3, -0.25) is 9.69 Å². The Balaban J connectivity index is 1.74. The molecule has 1 aliphatic rings. The van der Waals surface area contributed by atoms with Gasteiger partial charge in [-0.25, -0.2) is 4.39 Å². The highest BCUT2D eigenvalue weighted by Gasteiger charge is 2.31. The van der Waals surface area contributed by atoms with E-state index in [1.807, 2.05) is 17.0 Å². The van der Waals surface area contributed by atoms with Crippen LogP contribution in [-0.4, -0.2) is 41.9 Å². The van der Waals surface area contributed by atoms with E-state index in [1.54, 1.807) is 19.2 Å². The lowest BCUT2D eigenvalue weighted by Gasteiger charge is -2.35. The molecule has 1 fully saturated rings. The molecule has 3 rings (SSSR count). The summed E-state index contributed by atoms with van der Waals surface area (Å²) in [6.07, 6.45) is 0.501. The first-order chi connectivity index (χ1) is 13.5. The van der Waals surface area contributed by atoms with Crippen molar-refractivity contribution in [2.45, 2.75) is 39.4 Å². The first-order valence-electron chi connectivity index (χ1n) is 9.85. The quantitative estimate of drug-likeness (QED) is 0.752. The Hall–Kier alpha value is -2.40. The standard InChI is InChI=1S/C23H29FN2O2/c1-17(2)22-16-25(14-18-6-10-21(28-3)11-7-18)13-12-23(27)26(22)15-19-4-8-20(24)9-5-19/h4-11,17,22H,12-16H2,1-3H3/t22-/m1/s1. The lowest BCUT2D eigenvalue weighted by molar-refractivity contribution is -0.134. The second-order valence-electron chi connectivity index (χ2n) is 7.79. The van der Waals surface area contributed by atoms with E-state index < -0.39 is 0 Å². The number of carbonyl (C=O) groups is 1. The Morgan fingerprint density at radius 2 is 1.64 bits per heavy atom. The van der Waals surface area contributed by atoms with E-state index in [4.69, 9.17) is 4.74 Å². The van der Waals surface area contributed by atoms with Crippen LogP contribution in [0.4, 0.5) is 4.39 Å². The van der Waals surface area contributed by atoms with E-state index in [0.717, 1.165) is 30.9 Å². The molecule has 0 saturated carbocycles. The molecular weight excluding hydrogens is 355 g/mol. The van der Waals surface area contributed by atoms with Gasteiger partial charge >= 0.3 is 0 Å². The highest BCUT2D eigenvalue weighted by Crippen LogP contribution is 2.23. The molecule has 1 atom stereocenters. The van der Waals surface area contributed by atoms with Gasteiger partial charge in [0.25, 0.3) is 0 Å². The summed E-state index contributed by atoms with van der Waals surface area (Å²) in [4.78, 5) is 17.2. The van der Waals surface area contributed by atoms with Gasteiger partial charge in [-0.2, -0.15) is 0 Å². The molecule has 1 amide bonds. The fourth-order valence-corrected chi connectivity index (χ4v) is 3.73. The molecule has 0 radical (unpaired) electrons. The van der Waals surface area contributed by atoms with Crippen LogP contribution in [0.25, 0.3) is 0 Å². The Morgan fingerprint density at radius 3 is 2.25 bits per heavy atom. The molecule has 0 N–H and O–H groups in total. The van der Waals surface area contributed by atoms with Crippen molar-refractivity contribution >= 4 is 5.91 Å². The minimum Gasteiger partial charge on any atom is -0.497 e. The zero-order valence-corrected chi connectivity index (χ0v) is 16.9. The van der Waals surface area contributed by atoms with Gasteiger partial charge in [0.2, 0.25) is 5.91 Å². The molecule has 0 unspecified atom stereocenters. The Bertz CT molecular complexity index is 774. The number of hydrogen-bond donors (Lipinski definition) is 0. The molecule has 0 aliphatic carbocycles. The van der Waals surface area contributed by atoms with E-state index in [9.17, 15) is 9.18 Å². The number of nitrogens with zero attached hydrogens (tertiary/aromatic N) is 2. The maximum Gasteiger partial charge on any atom is 0.224 e. The Labute approximate surface area is 166 Å². The van der Waals surface area contributed by atoms with E-state index in [-0.39, 0.29) is 17.8 Å². The second kappa shape index (κ2) is 9.20. The molecule has 1 saturated heterocycles. The SMILES string of the molecule is COc1ccc(CN2CCC(=O)N(Cc3ccc(F)cc3)[C@@H](C(C)C)C2)cc1. The van der Waals surface area contributed by atoms with Crippen molar-refractivity contribution in [3.63, 3.8) is 0 Å². The van der Waals surface area contributed by atoms with Crippen LogP contribution in [0.15, 0.2) is 48.5 Å². The van der Waals surface area contributed by atoms with Crippen LogP contribution >= 0.6 is 0 Å². The zero-order valence-electron chi connectivity index (χ0n) is 16.9. The molecule has 0 aromatic heterocycles. The average Bonchev–Trinajstić information content (AvgIpc) is 2.84. The van der Waals surface area contributed by atoms with Crippen LogP contribution < -0.4 is 4.74 Å². The average molecular weight is 384 g/mol. The summed E-state index contributed by atoms with van der Waals surface area (Å²) in [6, 6.07) is 14.7. The van der Waals surface area contributed by atoms with Gasteiger partial charge in [0, 0.05) is 38.6 Å². The Morgan fingerprint density at radius 1 is 1.04 bits per heavy atom. The first-order valence-corrected chi connectivity index (χ1v) is 9.85. The lowest BCUT2D eigenvalue weighted by atomic mass is 10.0. The molecule has 0 bridgehead atoms. The largest absolute Gasteiger partial charge is 0.497 e. The number of methoxy groups -OCH3 is 1. The van der Waals surface area contributed by atoms with E-state index in [1.165, 1.54) is 17.7 Å². The second-order valence-corrected chi connectivity index (χ2v) is 7.79. The van der Waals surface area contributed by atoms with Gasteiger partial charge in [-0.15, -0.1) is 0 Å². The molecular formula is C23H29FN2O2. The van der Waals surface area contributed by atoms with Gasteiger partial charge in [0.1, 0.15) is 11.6 Å². The molecule has 0 spiro atoms. The van der Waals surface area contributed by atoms with Crippen molar-refractivity contribution in [1.29, 1.82) is 0 Å². The lowest BCUT2D eigenvalue weighted by Crippen LogP contribution is -2.45. The molecule has 5 heteroatoms. The Kier molecular flexibility index (Phi) is 6.68. The van der Waals surface area contributed by atoms with Crippen LogP contribution in [0.2, 0.25) is 0 Å². The molecule has 150 valence electrons. The molecule has 1 heterocycles. The van der Waals surface area contributed by atoms with Crippen molar-refractivity contribution < 1.29 is 13.9 Å². The summed E-state index contributed by atoms with van der Waals surface area (Å²) >= 11 is 0. The molecule has 4 nitrogen and oxygen atoms in total. The number of carbonyl (C=O) groups excluding carboxylic acids is 1. The maximum absolute atomic E-state index is 13.2.